The molecule has 0 amide bonds. The largest absolute Gasteiger partial charge is 0.377 e. The highest BCUT2D eigenvalue weighted by molar-refractivity contribution is 5.83. The minimum Gasteiger partial charge on any atom is -0.377 e. The molecule has 1 N–H and O–H groups in total. The molecule has 0 unspecified atom stereocenters. The molecule has 0 fully saturated rings. The first-order valence-electron chi connectivity index (χ1n) is 7.92. The molecule has 0 aliphatic heterocycles. The van der Waals surface area contributed by atoms with E-state index in [1.165, 1.54) is 5.56 Å². The minimum atomic E-state index is -0.129. The van der Waals surface area contributed by atoms with Gasteiger partial charge in [-0.15, -0.1) is 0 Å². The summed E-state index contributed by atoms with van der Waals surface area (Å²) in [6, 6.07) is 17.8. The maximum Gasteiger partial charge on any atom is 0.272 e. The maximum atomic E-state index is 11.7. The van der Waals surface area contributed by atoms with E-state index in [0.717, 1.165) is 36.9 Å². The molecular weight excluding hydrogens is 288 g/mol. The van der Waals surface area contributed by atoms with Gasteiger partial charge in [-0.05, 0) is 30.9 Å². The van der Waals surface area contributed by atoms with E-state index in [-0.39, 0.29) is 5.56 Å². The number of aromatic amines is 1. The predicted octanol–water partition coefficient (Wildman–Crippen LogP) is 3.46. The highest BCUT2D eigenvalue weighted by atomic mass is 16.5. The van der Waals surface area contributed by atoms with Crippen molar-refractivity contribution in [1.29, 1.82) is 0 Å². The maximum absolute atomic E-state index is 11.7. The van der Waals surface area contributed by atoms with Gasteiger partial charge in [-0.3, -0.25) is 4.79 Å². The fourth-order valence-corrected chi connectivity index (χ4v) is 2.62. The SMILES string of the molecule is O=c1[nH]nc(CCCCOCc2ccccc2)c2ccccc12. The molecule has 0 atom stereocenters. The number of nitrogens with one attached hydrogen (secondary N) is 1. The number of benzene rings is 2. The van der Waals surface area contributed by atoms with Crippen LogP contribution in [0.25, 0.3) is 10.8 Å². The summed E-state index contributed by atoms with van der Waals surface area (Å²) < 4.78 is 5.69. The Labute approximate surface area is 135 Å². The fraction of sp³-hybridized carbons (Fsp3) is 0.263. The van der Waals surface area contributed by atoms with E-state index >= 15 is 0 Å². The van der Waals surface area contributed by atoms with E-state index in [0.29, 0.717) is 12.0 Å². The van der Waals surface area contributed by atoms with Gasteiger partial charge >= 0.3 is 0 Å². The molecule has 4 nitrogen and oxygen atoms in total. The van der Waals surface area contributed by atoms with Crippen LogP contribution in [0.4, 0.5) is 0 Å². The summed E-state index contributed by atoms with van der Waals surface area (Å²) in [5.41, 5.74) is 2.01. The van der Waals surface area contributed by atoms with Gasteiger partial charge in [-0.2, -0.15) is 5.10 Å². The summed E-state index contributed by atoms with van der Waals surface area (Å²) >= 11 is 0. The summed E-state index contributed by atoms with van der Waals surface area (Å²) in [5.74, 6) is 0. The number of ether oxygens (including phenoxy) is 1. The number of H-pyrrole nitrogens is 1. The first kappa shape index (κ1) is 15.4. The molecule has 23 heavy (non-hydrogen) atoms. The van der Waals surface area contributed by atoms with Crippen molar-refractivity contribution < 1.29 is 4.74 Å². The van der Waals surface area contributed by atoms with Crippen molar-refractivity contribution in [3.8, 4) is 0 Å². The summed E-state index contributed by atoms with van der Waals surface area (Å²) in [6.45, 7) is 1.39. The lowest BCUT2D eigenvalue weighted by atomic mass is 10.1. The van der Waals surface area contributed by atoms with Crippen molar-refractivity contribution in [2.75, 3.05) is 6.61 Å². The molecule has 0 bridgehead atoms. The van der Waals surface area contributed by atoms with Crippen molar-refractivity contribution in [2.45, 2.75) is 25.9 Å². The molecule has 3 rings (SSSR count). The van der Waals surface area contributed by atoms with Crippen molar-refractivity contribution >= 4 is 10.8 Å². The van der Waals surface area contributed by atoms with Crippen molar-refractivity contribution in [1.82, 2.24) is 10.2 Å². The lowest BCUT2D eigenvalue weighted by Gasteiger charge is -2.06. The summed E-state index contributed by atoms with van der Waals surface area (Å²) in [7, 11) is 0. The zero-order valence-corrected chi connectivity index (χ0v) is 13.0. The number of fused-ring (bicyclic) bond motifs is 1. The molecule has 0 spiro atoms. The second-order valence-electron chi connectivity index (χ2n) is 5.54. The van der Waals surface area contributed by atoms with Gasteiger partial charge in [-0.25, -0.2) is 5.10 Å². The molecule has 1 aromatic heterocycles. The van der Waals surface area contributed by atoms with Gasteiger partial charge in [0, 0.05) is 12.0 Å². The average Bonchev–Trinajstić information content (AvgIpc) is 2.61. The van der Waals surface area contributed by atoms with Gasteiger partial charge in [0.15, 0.2) is 0 Å². The fourth-order valence-electron chi connectivity index (χ4n) is 2.62. The molecule has 118 valence electrons. The number of nitrogens with zero attached hydrogens (tertiary/aromatic N) is 1. The van der Waals surface area contributed by atoms with Crippen LogP contribution in [0, 0.1) is 0 Å². The number of rotatable bonds is 7. The van der Waals surface area contributed by atoms with Crippen LogP contribution in [-0.4, -0.2) is 16.8 Å². The predicted molar refractivity (Wildman–Crippen MR) is 91.4 cm³/mol. The quantitative estimate of drug-likeness (QED) is 0.680. The lowest BCUT2D eigenvalue weighted by Crippen LogP contribution is -2.11. The molecule has 0 radical (unpaired) electrons. The molecule has 0 aliphatic carbocycles. The van der Waals surface area contributed by atoms with E-state index in [9.17, 15) is 4.79 Å². The van der Waals surface area contributed by atoms with Gasteiger partial charge in [0.1, 0.15) is 0 Å². The zero-order chi connectivity index (χ0) is 15.9. The Morgan fingerprint density at radius 2 is 1.65 bits per heavy atom. The zero-order valence-electron chi connectivity index (χ0n) is 13.0. The number of aryl methyl sites for hydroxylation is 1. The van der Waals surface area contributed by atoms with Crippen LogP contribution in [0.3, 0.4) is 0 Å². The van der Waals surface area contributed by atoms with E-state index < -0.39 is 0 Å². The van der Waals surface area contributed by atoms with Gasteiger partial charge in [0.05, 0.1) is 17.7 Å². The molecule has 4 heteroatoms. The van der Waals surface area contributed by atoms with E-state index in [1.807, 2.05) is 42.5 Å². The molecule has 1 heterocycles. The Morgan fingerprint density at radius 3 is 2.48 bits per heavy atom. The standard InChI is InChI=1S/C19H20N2O2/c22-19-17-11-5-4-10-16(17)18(20-21-19)12-6-7-13-23-14-15-8-2-1-3-9-15/h1-5,8-11H,6-7,12-14H2,(H,21,22). The first-order valence-corrected chi connectivity index (χ1v) is 7.92. The Bertz CT molecular complexity index is 812. The van der Waals surface area contributed by atoms with Crippen LogP contribution in [0.1, 0.15) is 24.1 Å². The lowest BCUT2D eigenvalue weighted by molar-refractivity contribution is 0.117. The molecule has 3 aromatic rings. The molecular formula is C19H20N2O2. The van der Waals surface area contributed by atoms with E-state index in [2.05, 4.69) is 22.3 Å². The third-order valence-corrected chi connectivity index (χ3v) is 3.84. The Balaban J connectivity index is 1.48. The molecule has 2 aromatic carbocycles. The van der Waals surface area contributed by atoms with Gasteiger partial charge < -0.3 is 4.74 Å². The second kappa shape index (κ2) is 7.70. The highest BCUT2D eigenvalue weighted by Crippen LogP contribution is 2.14. The number of unbranched alkanes of at least 4 members (excludes halogenated alkanes) is 1. The van der Waals surface area contributed by atoms with Gasteiger partial charge in [-0.1, -0.05) is 48.5 Å². The van der Waals surface area contributed by atoms with Crippen LogP contribution in [0.2, 0.25) is 0 Å². The van der Waals surface area contributed by atoms with Crippen LogP contribution in [-0.2, 0) is 17.8 Å². The normalized spacial score (nSPS) is 11.0. The Hall–Kier alpha value is -2.46. The van der Waals surface area contributed by atoms with Crippen molar-refractivity contribution in [2.24, 2.45) is 0 Å². The first-order chi connectivity index (χ1) is 11.3. The van der Waals surface area contributed by atoms with Crippen molar-refractivity contribution in [3.05, 3.63) is 76.2 Å². The summed E-state index contributed by atoms with van der Waals surface area (Å²) in [4.78, 5) is 11.7. The Kier molecular flexibility index (Phi) is 5.17. The van der Waals surface area contributed by atoms with Gasteiger partial charge in [0.25, 0.3) is 5.56 Å². The molecule has 0 saturated carbocycles. The average molecular weight is 308 g/mol. The molecule has 0 aliphatic rings. The topological polar surface area (TPSA) is 55.0 Å². The van der Waals surface area contributed by atoms with Crippen LogP contribution in [0.5, 0.6) is 0 Å². The smallest absolute Gasteiger partial charge is 0.272 e. The second-order valence-corrected chi connectivity index (χ2v) is 5.54. The number of aromatic nitrogens is 2. The highest BCUT2D eigenvalue weighted by Gasteiger charge is 2.05. The van der Waals surface area contributed by atoms with E-state index in [1.54, 1.807) is 0 Å². The third kappa shape index (κ3) is 4.05. The van der Waals surface area contributed by atoms with Crippen LogP contribution < -0.4 is 5.56 Å². The van der Waals surface area contributed by atoms with Crippen LogP contribution in [0.15, 0.2) is 59.4 Å². The van der Waals surface area contributed by atoms with Gasteiger partial charge in [0.2, 0.25) is 0 Å². The Morgan fingerprint density at radius 1 is 0.913 bits per heavy atom. The van der Waals surface area contributed by atoms with Crippen LogP contribution >= 0.6 is 0 Å². The van der Waals surface area contributed by atoms with E-state index in [4.69, 9.17) is 4.74 Å². The minimum absolute atomic E-state index is 0.129. The molecule has 0 saturated heterocycles. The number of hydrogen-bond donors (Lipinski definition) is 1. The number of hydrogen-bond acceptors (Lipinski definition) is 3. The van der Waals surface area contributed by atoms with Crippen molar-refractivity contribution in [3.63, 3.8) is 0 Å². The summed E-state index contributed by atoms with van der Waals surface area (Å²) in [6.07, 6.45) is 2.80. The summed E-state index contributed by atoms with van der Waals surface area (Å²) in [5, 5.41) is 8.43. The monoisotopic (exact) mass is 308 g/mol. The third-order valence-electron chi connectivity index (χ3n) is 3.84.